The average molecular weight is 257 g/mol. The van der Waals surface area contributed by atoms with Crippen molar-refractivity contribution >= 4 is 17.6 Å². The summed E-state index contributed by atoms with van der Waals surface area (Å²) in [5.74, 6) is 0.120. The van der Waals surface area contributed by atoms with Crippen LogP contribution in [0.15, 0.2) is 18.2 Å². The maximum atomic E-state index is 11.8. The molecule has 0 aliphatic rings. The van der Waals surface area contributed by atoms with E-state index in [9.17, 15) is 4.79 Å². The molecule has 1 aromatic rings. The minimum Gasteiger partial charge on any atom is -0.493 e. The third-order valence-corrected chi connectivity index (χ3v) is 2.30. The first-order valence-electron chi connectivity index (χ1n) is 5.78. The molecule has 0 atom stereocenters. The van der Waals surface area contributed by atoms with Gasteiger partial charge < -0.3 is 9.47 Å². The van der Waals surface area contributed by atoms with E-state index in [0.29, 0.717) is 29.5 Å². The summed E-state index contributed by atoms with van der Waals surface area (Å²) in [6.07, 6.45) is 1.67. The zero-order valence-corrected chi connectivity index (χ0v) is 10.9. The molecule has 17 heavy (non-hydrogen) atoms. The predicted molar refractivity (Wildman–Crippen MR) is 67.8 cm³/mol. The lowest BCUT2D eigenvalue weighted by Crippen LogP contribution is -2.09. The lowest BCUT2D eigenvalue weighted by molar-refractivity contribution is 0.0500. The second kappa shape index (κ2) is 7.17. The van der Waals surface area contributed by atoms with Crippen molar-refractivity contribution in [1.29, 1.82) is 0 Å². The summed E-state index contributed by atoms with van der Waals surface area (Å²) in [5, 5.41) is 0.545. The zero-order valence-electron chi connectivity index (χ0n) is 10.2. The van der Waals surface area contributed by atoms with Crippen LogP contribution in [0.25, 0.3) is 0 Å². The highest BCUT2D eigenvalue weighted by atomic mass is 35.5. The van der Waals surface area contributed by atoms with E-state index in [4.69, 9.17) is 21.1 Å². The summed E-state index contributed by atoms with van der Waals surface area (Å²) >= 11 is 5.87. The van der Waals surface area contributed by atoms with Gasteiger partial charge in [0.05, 0.1) is 13.2 Å². The van der Waals surface area contributed by atoms with Gasteiger partial charge in [-0.2, -0.15) is 0 Å². The molecule has 0 aliphatic carbocycles. The standard InChI is InChI=1S/C13H17ClO3/c1-3-7-16-12-9-10(14)5-6-11(12)13(15)17-8-4-2/h5-6,9H,3-4,7-8H2,1-2H3. The Morgan fingerprint density at radius 3 is 2.59 bits per heavy atom. The fourth-order valence-electron chi connectivity index (χ4n) is 1.27. The van der Waals surface area contributed by atoms with Gasteiger partial charge in [-0.25, -0.2) is 4.79 Å². The Balaban J connectivity index is 2.84. The lowest BCUT2D eigenvalue weighted by Gasteiger charge is -2.10. The van der Waals surface area contributed by atoms with Gasteiger partial charge >= 0.3 is 5.97 Å². The van der Waals surface area contributed by atoms with Crippen LogP contribution in [0.3, 0.4) is 0 Å². The molecule has 1 rings (SSSR count). The molecule has 0 spiro atoms. The van der Waals surface area contributed by atoms with Crippen molar-refractivity contribution in [3.8, 4) is 5.75 Å². The highest BCUT2D eigenvalue weighted by molar-refractivity contribution is 6.30. The lowest BCUT2D eigenvalue weighted by atomic mass is 10.2. The number of rotatable bonds is 6. The molecular weight excluding hydrogens is 240 g/mol. The fourth-order valence-corrected chi connectivity index (χ4v) is 1.43. The van der Waals surface area contributed by atoms with Gasteiger partial charge in [0.2, 0.25) is 0 Å². The number of carbonyl (C=O) groups excluding carboxylic acids is 1. The first-order valence-corrected chi connectivity index (χ1v) is 6.16. The summed E-state index contributed by atoms with van der Waals surface area (Å²) < 4.78 is 10.6. The molecule has 0 aliphatic heterocycles. The first kappa shape index (κ1) is 13.8. The second-order valence-corrected chi connectivity index (χ2v) is 4.06. The molecule has 94 valence electrons. The molecule has 0 aromatic heterocycles. The van der Waals surface area contributed by atoms with E-state index < -0.39 is 0 Å². The van der Waals surface area contributed by atoms with Gasteiger partial charge in [-0.15, -0.1) is 0 Å². The predicted octanol–water partition coefficient (Wildman–Crippen LogP) is 3.70. The van der Waals surface area contributed by atoms with Crippen molar-refractivity contribution in [3.63, 3.8) is 0 Å². The number of halogens is 1. The number of esters is 1. The smallest absolute Gasteiger partial charge is 0.341 e. The van der Waals surface area contributed by atoms with Gasteiger partial charge in [0, 0.05) is 5.02 Å². The third-order valence-electron chi connectivity index (χ3n) is 2.06. The Bertz CT molecular complexity index is 377. The molecule has 0 heterocycles. The largest absolute Gasteiger partial charge is 0.493 e. The van der Waals surface area contributed by atoms with Crippen LogP contribution in [-0.4, -0.2) is 19.2 Å². The summed E-state index contributed by atoms with van der Waals surface area (Å²) in [6.45, 7) is 4.91. The van der Waals surface area contributed by atoms with Gasteiger partial charge in [-0.05, 0) is 31.0 Å². The van der Waals surface area contributed by atoms with Gasteiger partial charge in [0.15, 0.2) is 0 Å². The number of hydrogen-bond donors (Lipinski definition) is 0. The minimum absolute atomic E-state index is 0.366. The normalized spacial score (nSPS) is 10.1. The molecule has 1 aromatic carbocycles. The molecular formula is C13H17ClO3. The van der Waals surface area contributed by atoms with Gasteiger partial charge in [0.25, 0.3) is 0 Å². The highest BCUT2D eigenvalue weighted by Gasteiger charge is 2.14. The van der Waals surface area contributed by atoms with Crippen LogP contribution in [-0.2, 0) is 4.74 Å². The number of carbonyl (C=O) groups is 1. The molecule has 0 amide bonds. The summed E-state index contributed by atoms with van der Waals surface area (Å²) in [5.41, 5.74) is 0.427. The van der Waals surface area contributed by atoms with Crippen molar-refractivity contribution in [2.24, 2.45) is 0 Å². The van der Waals surface area contributed by atoms with Crippen molar-refractivity contribution in [2.75, 3.05) is 13.2 Å². The van der Waals surface area contributed by atoms with E-state index in [1.165, 1.54) is 0 Å². The molecule has 0 bridgehead atoms. The average Bonchev–Trinajstić information content (AvgIpc) is 2.33. The van der Waals surface area contributed by atoms with Crippen molar-refractivity contribution in [1.82, 2.24) is 0 Å². The van der Waals surface area contributed by atoms with E-state index in [1.807, 2.05) is 13.8 Å². The maximum Gasteiger partial charge on any atom is 0.341 e. The summed E-state index contributed by atoms with van der Waals surface area (Å²) in [4.78, 5) is 11.8. The Morgan fingerprint density at radius 1 is 1.24 bits per heavy atom. The molecule has 0 saturated heterocycles. The molecule has 0 radical (unpaired) electrons. The molecule has 0 unspecified atom stereocenters. The van der Waals surface area contributed by atoms with Crippen molar-refractivity contribution in [3.05, 3.63) is 28.8 Å². The number of hydrogen-bond acceptors (Lipinski definition) is 3. The van der Waals surface area contributed by atoms with Crippen LogP contribution in [0.4, 0.5) is 0 Å². The van der Waals surface area contributed by atoms with E-state index >= 15 is 0 Å². The van der Waals surface area contributed by atoms with Crippen LogP contribution in [0.1, 0.15) is 37.0 Å². The molecule has 4 heteroatoms. The van der Waals surface area contributed by atoms with Crippen molar-refractivity contribution < 1.29 is 14.3 Å². The van der Waals surface area contributed by atoms with E-state index in [-0.39, 0.29) is 5.97 Å². The fraction of sp³-hybridized carbons (Fsp3) is 0.462. The minimum atomic E-state index is -0.366. The van der Waals surface area contributed by atoms with Gasteiger partial charge in [0.1, 0.15) is 11.3 Å². The Labute approximate surface area is 107 Å². The molecule has 0 N–H and O–H groups in total. The van der Waals surface area contributed by atoms with Crippen LogP contribution < -0.4 is 4.74 Å². The quantitative estimate of drug-likeness (QED) is 0.728. The van der Waals surface area contributed by atoms with E-state index in [2.05, 4.69) is 0 Å². The summed E-state index contributed by atoms with van der Waals surface area (Å²) in [7, 11) is 0. The highest BCUT2D eigenvalue weighted by Crippen LogP contribution is 2.24. The molecule has 3 nitrogen and oxygen atoms in total. The van der Waals surface area contributed by atoms with Crippen LogP contribution in [0, 0.1) is 0 Å². The second-order valence-electron chi connectivity index (χ2n) is 3.62. The Morgan fingerprint density at radius 2 is 1.94 bits per heavy atom. The maximum absolute atomic E-state index is 11.8. The number of benzene rings is 1. The van der Waals surface area contributed by atoms with Gasteiger partial charge in [-0.1, -0.05) is 25.4 Å². The van der Waals surface area contributed by atoms with Crippen LogP contribution >= 0.6 is 11.6 Å². The SMILES string of the molecule is CCCOC(=O)c1ccc(Cl)cc1OCCC. The number of ether oxygens (including phenoxy) is 2. The van der Waals surface area contributed by atoms with Crippen LogP contribution in [0.2, 0.25) is 5.02 Å². The Hall–Kier alpha value is -1.22. The van der Waals surface area contributed by atoms with Crippen LogP contribution in [0.5, 0.6) is 5.75 Å². The molecule has 0 fully saturated rings. The molecule has 0 saturated carbocycles. The zero-order chi connectivity index (χ0) is 12.7. The van der Waals surface area contributed by atoms with E-state index in [1.54, 1.807) is 18.2 Å². The monoisotopic (exact) mass is 256 g/mol. The summed E-state index contributed by atoms with van der Waals surface area (Å²) in [6, 6.07) is 4.92. The third kappa shape index (κ3) is 4.27. The topological polar surface area (TPSA) is 35.5 Å². The van der Waals surface area contributed by atoms with Crippen molar-refractivity contribution in [2.45, 2.75) is 26.7 Å². The van der Waals surface area contributed by atoms with Gasteiger partial charge in [-0.3, -0.25) is 0 Å². The first-order chi connectivity index (χ1) is 8.19. The van der Waals surface area contributed by atoms with E-state index in [0.717, 1.165) is 12.8 Å². The Kier molecular flexibility index (Phi) is 5.84.